The third kappa shape index (κ3) is 17.0. The summed E-state index contributed by atoms with van der Waals surface area (Å²) in [4.78, 5) is 0. The molecule has 2 unspecified atom stereocenters. The first-order valence-electron chi connectivity index (χ1n) is 9.61. The van der Waals surface area contributed by atoms with Crippen LogP contribution in [0.4, 0.5) is 0 Å². The lowest BCUT2D eigenvalue weighted by Crippen LogP contribution is -2.32. The molecule has 6 nitrogen and oxygen atoms in total. The van der Waals surface area contributed by atoms with Gasteiger partial charge in [-0.05, 0) is 40.5 Å². The zero-order valence-corrected chi connectivity index (χ0v) is 17.1. The van der Waals surface area contributed by atoms with Gasteiger partial charge in [-0.1, -0.05) is 13.8 Å². The molecule has 0 bridgehead atoms. The van der Waals surface area contributed by atoms with Gasteiger partial charge in [0, 0.05) is 13.2 Å². The minimum atomic E-state index is -0.142. The molecule has 0 radical (unpaired) electrons. The van der Waals surface area contributed by atoms with Crippen LogP contribution in [0.15, 0.2) is 0 Å². The predicted molar refractivity (Wildman–Crippen MR) is 99.0 cm³/mol. The van der Waals surface area contributed by atoms with Crippen molar-refractivity contribution in [3.05, 3.63) is 0 Å². The molecular formula is C19H40O6. The van der Waals surface area contributed by atoms with Crippen LogP contribution >= 0.6 is 0 Å². The Hall–Kier alpha value is -0.240. The van der Waals surface area contributed by atoms with E-state index in [0.29, 0.717) is 26.4 Å². The summed E-state index contributed by atoms with van der Waals surface area (Å²) >= 11 is 0. The monoisotopic (exact) mass is 364 g/mol. The Morgan fingerprint density at radius 3 is 1.28 bits per heavy atom. The maximum atomic E-state index is 5.80. The van der Waals surface area contributed by atoms with E-state index >= 15 is 0 Å². The minimum absolute atomic E-state index is 0.142. The minimum Gasteiger partial charge on any atom is -0.379 e. The van der Waals surface area contributed by atoms with Gasteiger partial charge in [0.1, 0.15) is 19.0 Å². The summed E-state index contributed by atoms with van der Waals surface area (Å²) in [6.07, 6.45) is 2.00. The van der Waals surface area contributed by atoms with E-state index in [-0.39, 0.29) is 31.2 Å². The van der Waals surface area contributed by atoms with Crippen LogP contribution in [0.2, 0.25) is 0 Å². The van der Waals surface area contributed by atoms with Crippen LogP contribution < -0.4 is 0 Å². The molecule has 2 atom stereocenters. The highest BCUT2D eigenvalue weighted by Crippen LogP contribution is 2.03. The topological polar surface area (TPSA) is 55.4 Å². The van der Waals surface area contributed by atoms with Crippen molar-refractivity contribution >= 4 is 0 Å². The summed E-state index contributed by atoms with van der Waals surface area (Å²) in [5.74, 6) is 0. The smallest absolute Gasteiger partial charge is 0.147 e. The zero-order valence-electron chi connectivity index (χ0n) is 17.1. The Labute approximate surface area is 154 Å². The van der Waals surface area contributed by atoms with E-state index in [2.05, 4.69) is 13.8 Å². The maximum absolute atomic E-state index is 5.80. The van der Waals surface area contributed by atoms with Crippen molar-refractivity contribution in [2.24, 2.45) is 0 Å². The number of ether oxygens (including phenoxy) is 6. The number of rotatable bonds is 18. The lowest BCUT2D eigenvalue weighted by Gasteiger charge is -2.23. The molecule has 0 saturated heterocycles. The van der Waals surface area contributed by atoms with Crippen LogP contribution in [0.1, 0.15) is 54.4 Å². The lowest BCUT2D eigenvalue weighted by atomic mass is 10.4. The zero-order chi connectivity index (χ0) is 18.9. The van der Waals surface area contributed by atoms with Crippen LogP contribution in [0, 0.1) is 0 Å². The van der Waals surface area contributed by atoms with Crippen LogP contribution in [0.3, 0.4) is 0 Å². The molecule has 0 aromatic heterocycles. The summed E-state index contributed by atoms with van der Waals surface area (Å²) in [5, 5.41) is 0. The van der Waals surface area contributed by atoms with Crippen LogP contribution in [-0.2, 0) is 28.4 Å². The van der Waals surface area contributed by atoms with E-state index in [9.17, 15) is 0 Å². The molecule has 0 aliphatic carbocycles. The van der Waals surface area contributed by atoms with Crippen LogP contribution in [0.25, 0.3) is 0 Å². The Morgan fingerprint density at radius 2 is 0.960 bits per heavy atom. The van der Waals surface area contributed by atoms with Crippen LogP contribution in [0.5, 0.6) is 0 Å². The van der Waals surface area contributed by atoms with Crippen molar-refractivity contribution in [2.45, 2.75) is 78.8 Å². The second kappa shape index (κ2) is 17.2. The summed E-state index contributed by atoms with van der Waals surface area (Å²) < 4.78 is 34.0. The van der Waals surface area contributed by atoms with E-state index in [0.717, 1.165) is 26.1 Å². The van der Waals surface area contributed by atoms with Gasteiger partial charge in [0.05, 0.1) is 38.6 Å². The first kappa shape index (κ1) is 24.8. The SMILES string of the molecule is CCCOCC(COC(C)C)OCOC(COCCC)COC(C)C. The third-order valence-electron chi connectivity index (χ3n) is 3.14. The second-order valence-electron chi connectivity index (χ2n) is 6.61. The maximum Gasteiger partial charge on any atom is 0.147 e. The first-order chi connectivity index (χ1) is 12.0. The molecule has 0 heterocycles. The van der Waals surface area contributed by atoms with E-state index < -0.39 is 0 Å². The molecule has 0 amide bonds. The lowest BCUT2D eigenvalue weighted by molar-refractivity contribution is -0.173. The molecule has 0 rings (SSSR count). The summed E-state index contributed by atoms with van der Waals surface area (Å²) in [6, 6.07) is 0. The molecule has 0 aliphatic rings. The van der Waals surface area contributed by atoms with Crippen molar-refractivity contribution in [3.63, 3.8) is 0 Å². The fourth-order valence-electron chi connectivity index (χ4n) is 1.84. The standard InChI is InChI=1S/C19H40O6/c1-7-9-20-11-18(13-22-16(3)4)24-15-25-19(12-21-10-8-2)14-23-17(5)6/h16-19H,7-15H2,1-6H3. The summed E-state index contributed by atoms with van der Waals surface area (Å²) in [5.41, 5.74) is 0. The van der Waals surface area contributed by atoms with E-state index in [1.807, 2.05) is 27.7 Å². The van der Waals surface area contributed by atoms with Crippen molar-refractivity contribution in [1.29, 1.82) is 0 Å². The molecule has 6 heteroatoms. The normalized spacial score (nSPS) is 14.4. The molecule has 152 valence electrons. The van der Waals surface area contributed by atoms with Gasteiger partial charge in [0.2, 0.25) is 0 Å². The van der Waals surface area contributed by atoms with Gasteiger partial charge in [-0.2, -0.15) is 0 Å². The van der Waals surface area contributed by atoms with Crippen molar-refractivity contribution in [3.8, 4) is 0 Å². The Balaban J connectivity index is 4.22. The van der Waals surface area contributed by atoms with Gasteiger partial charge in [-0.25, -0.2) is 0 Å². The third-order valence-corrected chi connectivity index (χ3v) is 3.14. The van der Waals surface area contributed by atoms with Gasteiger partial charge >= 0.3 is 0 Å². The highest BCUT2D eigenvalue weighted by Gasteiger charge is 2.15. The van der Waals surface area contributed by atoms with Crippen LogP contribution in [-0.4, -0.2) is 70.9 Å². The average molecular weight is 365 g/mol. The molecule has 0 aromatic rings. The van der Waals surface area contributed by atoms with E-state index in [1.165, 1.54) is 0 Å². The molecule has 0 saturated carbocycles. The van der Waals surface area contributed by atoms with Gasteiger partial charge in [-0.15, -0.1) is 0 Å². The average Bonchev–Trinajstić information content (AvgIpc) is 2.56. The number of hydrogen-bond acceptors (Lipinski definition) is 6. The Bertz CT molecular complexity index is 247. The highest BCUT2D eigenvalue weighted by molar-refractivity contribution is 4.58. The quantitative estimate of drug-likeness (QED) is 0.274. The fourth-order valence-corrected chi connectivity index (χ4v) is 1.84. The molecule has 25 heavy (non-hydrogen) atoms. The predicted octanol–water partition coefficient (Wildman–Crippen LogP) is 3.42. The van der Waals surface area contributed by atoms with Gasteiger partial charge in [-0.3, -0.25) is 0 Å². The summed E-state index contributed by atoms with van der Waals surface area (Å²) in [7, 11) is 0. The Kier molecular flexibility index (Phi) is 17.0. The largest absolute Gasteiger partial charge is 0.379 e. The Morgan fingerprint density at radius 1 is 0.560 bits per heavy atom. The first-order valence-corrected chi connectivity index (χ1v) is 9.61. The molecule has 0 spiro atoms. The molecule has 0 N–H and O–H groups in total. The van der Waals surface area contributed by atoms with Crippen molar-refractivity contribution in [2.75, 3.05) is 46.4 Å². The van der Waals surface area contributed by atoms with Gasteiger partial charge in [0.15, 0.2) is 0 Å². The molecule has 0 aliphatic heterocycles. The van der Waals surface area contributed by atoms with E-state index in [4.69, 9.17) is 28.4 Å². The fraction of sp³-hybridized carbons (Fsp3) is 1.00. The highest BCUT2D eigenvalue weighted by atomic mass is 16.7. The van der Waals surface area contributed by atoms with E-state index in [1.54, 1.807) is 0 Å². The van der Waals surface area contributed by atoms with Crippen molar-refractivity contribution < 1.29 is 28.4 Å². The second-order valence-corrected chi connectivity index (χ2v) is 6.61. The van der Waals surface area contributed by atoms with Gasteiger partial charge in [0.25, 0.3) is 0 Å². The van der Waals surface area contributed by atoms with Gasteiger partial charge < -0.3 is 28.4 Å². The number of hydrogen-bond donors (Lipinski definition) is 0. The molecular weight excluding hydrogens is 324 g/mol. The molecule has 0 fully saturated rings. The summed E-state index contributed by atoms with van der Waals surface area (Å²) in [6.45, 7) is 15.8. The van der Waals surface area contributed by atoms with Crippen molar-refractivity contribution in [1.82, 2.24) is 0 Å². The molecule has 0 aromatic carbocycles.